The summed E-state index contributed by atoms with van der Waals surface area (Å²) in [7, 11) is 0. The van der Waals surface area contributed by atoms with E-state index >= 15 is 0 Å². The van der Waals surface area contributed by atoms with Gasteiger partial charge in [-0.25, -0.2) is 0 Å². The molecule has 0 bridgehead atoms. The Bertz CT molecular complexity index is 412. The average Bonchev–Trinajstić information content (AvgIpc) is 2.19. The zero-order valence-electron chi connectivity index (χ0n) is 11.5. The van der Waals surface area contributed by atoms with Crippen molar-refractivity contribution in [2.45, 2.75) is 63.3 Å². The molecule has 2 rings (SSSR count). The van der Waals surface area contributed by atoms with Gasteiger partial charge in [-0.05, 0) is 31.4 Å². The summed E-state index contributed by atoms with van der Waals surface area (Å²) >= 11 is 2.04. The van der Waals surface area contributed by atoms with Crippen molar-refractivity contribution in [3.8, 4) is 0 Å². The van der Waals surface area contributed by atoms with Crippen molar-refractivity contribution in [1.82, 2.24) is 5.32 Å². The van der Waals surface area contributed by atoms with Crippen molar-refractivity contribution in [3.63, 3.8) is 0 Å². The van der Waals surface area contributed by atoms with Gasteiger partial charge in [0.1, 0.15) is 0 Å². The van der Waals surface area contributed by atoms with Crippen LogP contribution in [0.15, 0.2) is 17.0 Å². The Hall–Kier alpha value is -0.470. The zero-order chi connectivity index (χ0) is 12.6. The van der Waals surface area contributed by atoms with Gasteiger partial charge in [-0.3, -0.25) is 0 Å². The first kappa shape index (κ1) is 13.0. The standard InChI is InChI=1S/C15H23NS/c1-9(2)16-14-8-12(5)17-15-11(4)6-10(3)7-13(14)15/h6-7,9,12,14,16H,8H2,1-5H3. The summed E-state index contributed by atoms with van der Waals surface area (Å²) in [5, 5.41) is 4.42. The van der Waals surface area contributed by atoms with Crippen LogP contribution < -0.4 is 5.32 Å². The Kier molecular flexibility index (Phi) is 3.84. The second-order valence-electron chi connectivity index (χ2n) is 5.54. The Morgan fingerprint density at radius 3 is 2.65 bits per heavy atom. The van der Waals surface area contributed by atoms with E-state index in [-0.39, 0.29) is 0 Å². The van der Waals surface area contributed by atoms with Crippen molar-refractivity contribution >= 4 is 11.8 Å². The minimum absolute atomic E-state index is 0.528. The van der Waals surface area contributed by atoms with E-state index in [1.807, 2.05) is 11.8 Å². The van der Waals surface area contributed by atoms with Gasteiger partial charge in [-0.1, -0.05) is 38.5 Å². The first-order valence-corrected chi connectivity index (χ1v) is 7.39. The topological polar surface area (TPSA) is 12.0 Å². The minimum atomic E-state index is 0.528. The van der Waals surface area contributed by atoms with Gasteiger partial charge in [0.15, 0.2) is 0 Å². The quantitative estimate of drug-likeness (QED) is 0.842. The number of rotatable bonds is 2. The molecule has 0 spiro atoms. The fourth-order valence-corrected chi connectivity index (χ4v) is 3.95. The predicted molar refractivity (Wildman–Crippen MR) is 76.9 cm³/mol. The molecule has 94 valence electrons. The van der Waals surface area contributed by atoms with Crippen LogP contribution in [0.5, 0.6) is 0 Å². The Labute approximate surface area is 109 Å². The van der Waals surface area contributed by atoms with Gasteiger partial charge in [0.2, 0.25) is 0 Å². The number of aryl methyl sites for hydroxylation is 2. The molecule has 1 aromatic carbocycles. The maximum absolute atomic E-state index is 3.71. The molecular formula is C15H23NS. The molecule has 1 aromatic rings. The van der Waals surface area contributed by atoms with Crippen LogP contribution in [0.3, 0.4) is 0 Å². The molecule has 1 nitrogen and oxygen atoms in total. The van der Waals surface area contributed by atoms with E-state index in [1.165, 1.54) is 28.0 Å². The van der Waals surface area contributed by atoms with Crippen LogP contribution in [0, 0.1) is 13.8 Å². The molecule has 17 heavy (non-hydrogen) atoms. The van der Waals surface area contributed by atoms with E-state index in [2.05, 4.69) is 52.1 Å². The van der Waals surface area contributed by atoms with Gasteiger partial charge in [-0.2, -0.15) is 0 Å². The second kappa shape index (κ2) is 5.03. The Morgan fingerprint density at radius 2 is 2.00 bits per heavy atom. The van der Waals surface area contributed by atoms with Crippen LogP contribution >= 0.6 is 11.8 Å². The molecule has 0 aromatic heterocycles. The summed E-state index contributed by atoms with van der Waals surface area (Å²) in [5.74, 6) is 0. The lowest BCUT2D eigenvalue weighted by atomic mass is 9.96. The van der Waals surface area contributed by atoms with E-state index in [0.717, 1.165) is 0 Å². The summed E-state index contributed by atoms with van der Waals surface area (Å²) in [6.45, 7) is 11.2. The third-order valence-corrected chi connectivity index (χ3v) is 4.63. The first-order chi connectivity index (χ1) is 7.97. The van der Waals surface area contributed by atoms with E-state index in [9.17, 15) is 0 Å². The van der Waals surface area contributed by atoms with Gasteiger partial charge in [0.05, 0.1) is 0 Å². The maximum Gasteiger partial charge on any atom is 0.0344 e. The molecule has 2 unspecified atom stereocenters. The molecular weight excluding hydrogens is 226 g/mol. The molecule has 2 heteroatoms. The highest BCUT2D eigenvalue weighted by molar-refractivity contribution is 8.00. The molecule has 0 aliphatic carbocycles. The molecule has 0 saturated carbocycles. The maximum atomic E-state index is 3.71. The van der Waals surface area contributed by atoms with Crippen LogP contribution in [0.1, 0.15) is 49.9 Å². The normalized spacial score (nSPS) is 23.9. The van der Waals surface area contributed by atoms with Crippen molar-refractivity contribution in [2.75, 3.05) is 0 Å². The van der Waals surface area contributed by atoms with Gasteiger partial charge >= 0.3 is 0 Å². The number of hydrogen-bond donors (Lipinski definition) is 1. The molecule has 1 aliphatic rings. The summed E-state index contributed by atoms with van der Waals surface area (Å²) in [5.41, 5.74) is 4.33. The third-order valence-electron chi connectivity index (χ3n) is 3.24. The summed E-state index contributed by atoms with van der Waals surface area (Å²) < 4.78 is 0. The second-order valence-corrected chi connectivity index (χ2v) is 6.99. The van der Waals surface area contributed by atoms with Crippen molar-refractivity contribution in [3.05, 3.63) is 28.8 Å². The molecule has 0 fully saturated rings. The molecule has 0 radical (unpaired) electrons. The molecule has 0 amide bonds. The first-order valence-electron chi connectivity index (χ1n) is 6.51. The zero-order valence-corrected chi connectivity index (χ0v) is 12.3. The van der Waals surface area contributed by atoms with Crippen LogP contribution in [-0.2, 0) is 0 Å². The Balaban J connectivity index is 2.41. The van der Waals surface area contributed by atoms with E-state index < -0.39 is 0 Å². The van der Waals surface area contributed by atoms with Gasteiger partial charge in [-0.15, -0.1) is 11.8 Å². The smallest absolute Gasteiger partial charge is 0.0344 e. The van der Waals surface area contributed by atoms with Crippen molar-refractivity contribution in [1.29, 1.82) is 0 Å². The fraction of sp³-hybridized carbons (Fsp3) is 0.600. The molecule has 2 atom stereocenters. The molecule has 1 heterocycles. The highest BCUT2D eigenvalue weighted by Gasteiger charge is 2.26. The highest BCUT2D eigenvalue weighted by atomic mass is 32.2. The fourth-order valence-electron chi connectivity index (χ4n) is 2.68. The van der Waals surface area contributed by atoms with Crippen molar-refractivity contribution < 1.29 is 0 Å². The van der Waals surface area contributed by atoms with Crippen LogP contribution in [0.25, 0.3) is 0 Å². The molecule has 0 saturated heterocycles. The Morgan fingerprint density at radius 1 is 1.29 bits per heavy atom. The van der Waals surface area contributed by atoms with Gasteiger partial charge in [0.25, 0.3) is 0 Å². The third kappa shape index (κ3) is 2.86. The summed E-state index contributed by atoms with van der Waals surface area (Å²) in [6, 6.07) is 5.74. The van der Waals surface area contributed by atoms with Crippen LogP contribution in [0.2, 0.25) is 0 Å². The molecule has 1 N–H and O–H groups in total. The highest BCUT2D eigenvalue weighted by Crippen LogP contribution is 2.42. The van der Waals surface area contributed by atoms with E-state index in [1.54, 1.807) is 0 Å². The van der Waals surface area contributed by atoms with E-state index in [4.69, 9.17) is 0 Å². The molecule has 1 aliphatic heterocycles. The predicted octanol–water partition coefficient (Wildman–Crippen LogP) is 4.23. The monoisotopic (exact) mass is 249 g/mol. The van der Waals surface area contributed by atoms with Crippen LogP contribution in [0.4, 0.5) is 0 Å². The SMILES string of the molecule is Cc1cc(C)c2c(c1)C(NC(C)C)CC(C)S2. The number of fused-ring (bicyclic) bond motifs is 1. The number of hydrogen-bond acceptors (Lipinski definition) is 2. The van der Waals surface area contributed by atoms with Crippen molar-refractivity contribution in [2.24, 2.45) is 0 Å². The lowest BCUT2D eigenvalue weighted by Crippen LogP contribution is -2.32. The largest absolute Gasteiger partial charge is 0.308 e. The number of nitrogens with one attached hydrogen (secondary N) is 1. The van der Waals surface area contributed by atoms with Crippen LogP contribution in [-0.4, -0.2) is 11.3 Å². The van der Waals surface area contributed by atoms with E-state index in [0.29, 0.717) is 17.3 Å². The lowest BCUT2D eigenvalue weighted by molar-refractivity contribution is 0.441. The number of thioether (sulfide) groups is 1. The van der Waals surface area contributed by atoms with Gasteiger partial charge in [0, 0.05) is 22.2 Å². The lowest BCUT2D eigenvalue weighted by Gasteiger charge is -2.32. The van der Waals surface area contributed by atoms with Gasteiger partial charge < -0.3 is 5.32 Å². The summed E-state index contributed by atoms with van der Waals surface area (Å²) in [4.78, 5) is 1.51. The minimum Gasteiger partial charge on any atom is -0.308 e. The average molecular weight is 249 g/mol. The summed E-state index contributed by atoms with van der Waals surface area (Å²) in [6.07, 6.45) is 1.23. The number of benzene rings is 1.